The van der Waals surface area contributed by atoms with Crippen LogP contribution in [0.15, 0.2) is 164 Å². The first kappa shape index (κ1) is 28.9. The summed E-state index contributed by atoms with van der Waals surface area (Å²) in [5, 5.41) is 10.6. The van der Waals surface area contributed by atoms with E-state index in [0.717, 1.165) is 0 Å². The van der Waals surface area contributed by atoms with Crippen molar-refractivity contribution in [3.05, 3.63) is 164 Å². The number of hydrogen-bond donors (Lipinski definition) is 0. The molecule has 1 nitrogen and oxygen atoms in total. The summed E-state index contributed by atoms with van der Waals surface area (Å²) in [6.07, 6.45) is 0. The molecule has 0 amide bonds. The number of aromatic nitrogens is 1. The lowest BCUT2D eigenvalue weighted by molar-refractivity contribution is 1.20. The van der Waals surface area contributed by atoms with Gasteiger partial charge in [-0.05, 0) is 82.9 Å². The summed E-state index contributed by atoms with van der Waals surface area (Å²) in [6.45, 7) is 0. The average molecular weight is 714 g/mol. The Labute approximate surface area is 310 Å². The van der Waals surface area contributed by atoms with E-state index in [-0.39, 0.29) is 0 Å². The van der Waals surface area contributed by atoms with E-state index in [1.54, 1.807) is 0 Å². The van der Waals surface area contributed by atoms with Crippen LogP contribution in [0.25, 0.3) is 110 Å². The van der Waals surface area contributed by atoms with E-state index in [2.05, 4.69) is 168 Å². The summed E-state index contributed by atoms with van der Waals surface area (Å²) >= 11 is 5.67. The second-order valence-corrected chi connectivity index (χ2v) is 16.8. The second-order valence-electron chi connectivity index (χ2n) is 13.6. The van der Waals surface area contributed by atoms with Gasteiger partial charge < -0.3 is 4.57 Å². The largest absolute Gasteiger partial charge is 0.308 e. The third kappa shape index (κ3) is 4.03. The fourth-order valence-corrected chi connectivity index (χ4v) is 12.0. The molecule has 0 atom stereocenters. The minimum absolute atomic E-state index is 1.23. The standard InChI is InChI=1S/C48H27NS3/c1-4-16-38-30(10-1)36-26-28(29-23-25-43-37(27-29)31-11-2-5-18-41(31)50-43)22-24-39(36)49(38)40-17-7-15-35-47-33(14-9-21-45(47)52-48(35)40)32-13-8-20-44-46(32)34-12-3-6-19-42(34)51-44/h1-27H. The molecule has 52 heavy (non-hydrogen) atoms. The molecule has 4 heteroatoms. The maximum Gasteiger partial charge on any atom is 0.0640 e. The maximum absolute atomic E-state index is 2.49. The molecule has 0 bridgehead atoms. The van der Waals surface area contributed by atoms with E-state index in [1.165, 1.54) is 110 Å². The van der Waals surface area contributed by atoms with Gasteiger partial charge in [0.05, 0.1) is 21.4 Å². The smallest absolute Gasteiger partial charge is 0.0640 e. The van der Waals surface area contributed by atoms with Crippen LogP contribution in [0.5, 0.6) is 0 Å². The van der Waals surface area contributed by atoms with Crippen LogP contribution in [0.1, 0.15) is 0 Å². The van der Waals surface area contributed by atoms with Gasteiger partial charge in [-0.3, -0.25) is 0 Å². The van der Waals surface area contributed by atoms with Gasteiger partial charge in [-0.1, -0.05) is 103 Å². The van der Waals surface area contributed by atoms with Crippen molar-refractivity contribution in [3.63, 3.8) is 0 Å². The molecule has 0 saturated heterocycles. The highest BCUT2D eigenvalue weighted by molar-refractivity contribution is 7.27. The van der Waals surface area contributed by atoms with Crippen molar-refractivity contribution < 1.29 is 0 Å². The number of nitrogens with zero attached hydrogens (tertiary/aromatic N) is 1. The molecule has 0 radical (unpaired) electrons. The van der Waals surface area contributed by atoms with E-state index in [0.29, 0.717) is 0 Å². The number of benzene rings is 8. The zero-order valence-electron chi connectivity index (χ0n) is 27.8. The van der Waals surface area contributed by atoms with Crippen molar-refractivity contribution in [1.29, 1.82) is 0 Å². The van der Waals surface area contributed by atoms with E-state index >= 15 is 0 Å². The molecule has 0 unspecified atom stereocenters. The van der Waals surface area contributed by atoms with Crippen LogP contribution in [0.3, 0.4) is 0 Å². The molecule has 0 aliphatic heterocycles. The van der Waals surface area contributed by atoms with Gasteiger partial charge >= 0.3 is 0 Å². The second kappa shape index (κ2) is 10.9. The zero-order valence-corrected chi connectivity index (χ0v) is 30.2. The Bertz CT molecular complexity index is 3420. The number of para-hydroxylation sites is 1. The predicted molar refractivity (Wildman–Crippen MR) is 230 cm³/mol. The molecule has 4 aromatic heterocycles. The highest BCUT2D eigenvalue weighted by Crippen LogP contribution is 2.47. The first-order valence-electron chi connectivity index (χ1n) is 17.6. The van der Waals surface area contributed by atoms with Crippen LogP contribution in [0, 0.1) is 0 Å². The SMILES string of the molecule is c1ccc2c(c1)sc1ccc(-c3ccc4c(c3)c3ccccc3n4-c3cccc4c3sc3cccc(-c5cccc6sc7ccccc7c56)c34)cc12. The van der Waals surface area contributed by atoms with Gasteiger partial charge in [0.15, 0.2) is 0 Å². The molecule has 242 valence electrons. The predicted octanol–water partition coefficient (Wildman–Crippen LogP) is 15.2. The van der Waals surface area contributed by atoms with Gasteiger partial charge in [-0.2, -0.15) is 0 Å². The molecule has 12 rings (SSSR count). The van der Waals surface area contributed by atoms with Gasteiger partial charge in [0.1, 0.15) is 0 Å². The normalized spacial score (nSPS) is 12.2. The monoisotopic (exact) mass is 713 g/mol. The summed E-state index contributed by atoms with van der Waals surface area (Å²) < 4.78 is 10.5. The van der Waals surface area contributed by atoms with Gasteiger partial charge in [-0.15, -0.1) is 34.0 Å². The Kier molecular flexibility index (Phi) is 6.03. The van der Waals surface area contributed by atoms with Crippen LogP contribution < -0.4 is 0 Å². The van der Waals surface area contributed by atoms with Crippen molar-refractivity contribution in [2.24, 2.45) is 0 Å². The minimum atomic E-state index is 1.23. The maximum atomic E-state index is 2.49. The molecular formula is C48H27NS3. The molecule has 0 saturated carbocycles. The lowest BCUT2D eigenvalue weighted by Crippen LogP contribution is -1.94. The molecule has 4 heterocycles. The summed E-state index contributed by atoms with van der Waals surface area (Å²) in [6, 6.07) is 61.0. The Morgan fingerprint density at radius 1 is 0.327 bits per heavy atom. The van der Waals surface area contributed by atoms with Gasteiger partial charge in [0, 0.05) is 66.6 Å². The number of rotatable bonds is 3. The fourth-order valence-electron chi connectivity index (χ4n) is 8.55. The Balaban J connectivity index is 1.08. The molecule has 0 fully saturated rings. The molecule has 0 spiro atoms. The van der Waals surface area contributed by atoms with Crippen molar-refractivity contribution in [2.75, 3.05) is 0 Å². The zero-order chi connectivity index (χ0) is 33.9. The molecule has 0 aliphatic carbocycles. The topological polar surface area (TPSA) is 4.93 Å². The fraction of sp³-hybridized carbons (Fsp3) is 0. The van der Waals surface area contributed by atoms with E-state index in [1.807, 2.05) is 34.0 Å². The van der Waals surface area contributed by atoms with Crippen LogP contribution >= 0.6 is 34.0 Å². The molecular weight excluding hydrogens is 687 g/mol. The van der Waals surface area contributed by atoms with Crippen LogP contribution in [0.4, 0.5) is 0 Å². The van der Waals surface area contributed by atoms with Gasteiger partial charge in [0.25, 0.3) is 0 Å². The van der Waals surface area contributed by atoms with Gasteiger partial charge in [-0.25, -0.2) is 0 Å². The van der Waals surface area contributed by atoms with Crippen LogP contribution in [0.2, 0.25) is 0 Å². The van der Waals surface area contributed by atoms with E-state index < -0.39 is 0 Å². The molecule has 0 aliphatic rings. The summed E-state index contributed by atoms with van der Waals surface area (Å²) in [5.74, 6) is 0. The van der Waals surface area contributed by atoms with Gasteiger partial charge in [0.2, 0.25) is 0 Å². The van der Waals surface area contributed by atoms with Crippen molar-refractivity contribution in [2.45, 2.75) is 0 Å². The third-order valence-electron chi connectivity index (χ3n) is 10.8. The molecule has 12 aromatic rings. The Hall–Kier alpha value is -5.78. The van der Waals surface area contributed by atoms with E-state index in [4.69, 9.17) is 0 Å². The number of hydrogen-bond acceptors (Lipinski definition) is 3. The summed E-state index contributed by atoms with van der Waals surface area (Å²) in [4.78, 5) is 0. The average Bonchev–Trinajstić information content (AvgIpc) is 3.96. The van der Waals surface area contributed by atoms with Crippen LogP contribution in [-0.2, 0) is 0 Å². The first-order valence-corrected chi connectivity index (χ1v) is 20.0. The quantitative estimate of drug-likeness (QED) is 0.172. The molecule has 0 N–H and O–H groups in total. The van der Waals surface area contributed by atoms with Crippen molar-refractivity contribution in [3.8, 4) is 27.9 Å². The summed E-state index contributed by atoms with van der Waals surface area (Å²) in [7, 11) is 0. The molecule has 8 aromatic carbocycles. The van der Waals surface area contributed by atoms with E-state index in [9.17, 15) is 0 Å². The Morgan fingerprint density at radius 2 is 0.865 bits per heavy atom. The first-order chi connectivity index (χ1) is 25.8. The van der Waals surface area contributed by atoms with Crippen molar-refractivity contribution >= 4 is 116 Å². The van der Waals surface area contributed by atoms with Crippen LogP contribution in [-0.4, -0.2) is 4.57 Å². The third-order valence-corrected chi connectivity index (χ3v) is 14.3. The van der Waals surface area contributed by atoms with Crippen molar-refractivity contribution in [1.82, 2.24) is 4.57 Å². The highest BCUT2D eigenvalue weighted by Gasteiger charge is 2.20. The minimum Gasteiger partial charge on any atom is -0.308 e. The lowest BCUT2D eigenvalue weighted by Gasteiger charge is -2.11. The number of fused-ring (bicyclic) bond motifs is 12. The highest BCUT2D eigenvalue weighted by atomic mass is 32.1. The summed E-state index contributed by atoms with van der Waals surface area (Å²) in [5.41, 5.74) is 8.80. The Morgan fingerprint density at radius 3 is 1.69 bits per heavy atom. The lowest BCUT2D eigenvalue weighted by atomic mass is 9.95. The number of thiophene rings is 3.